The highest BCUT2D eigenvalue weighted by Gasteiger charge is 2.58. The van der Waals surface area contributed by atoms with E-state index in [9.17, 15) is 9.59 Å². The van der Waals surface area contributed by atoms with Gasteiger partial charge in [0.25, 0.3) is 11.9 Å². The SMILES string of the molecule is CCc1cc(CN2C(=O)N(CC(C)C)C3(CCN(c4noc(C)n4)CC3)C2=O)on1. The molecule has 2 fully saturated rings. The Morgan fingerprint density at radius 2 is 1.90 bits per heavy atom. The number of imide groups is 1. The lowest BCUT2D eigenvalue weighted by Crippen LogP contribution is -2.57. The van der Waals surface area contributed by atoms with Crippen LogP contribution in [-0.2, 0) is 17.8 Å². The number of rotatable bonds is 6. The number of aromatic nitrogens is 3. The number of piperidine rings is 1. The summed E-state index contributed by atoms with van der Waals surface area (Å²) < 4.78 is 10.4. The second-order valence-corrected chi connectivity index (χ2v) is 8.45. The molecule has 0 saturated carbocycles. The van der Waals surface area contributed by atoms with E-state index in [1.165, 1.54) is 4.90 Å². The number of hydrogen-bond donors (Lipinski definition) is 0. The minimum atomic E-state index is -0.843. The lowest BCUT2D eigenvalue weighted by molar-refractivity contribution is -0.135. The van der Waals surface area contributed by atoms with Crippen LogP contribution in [0.25, 0.3) is 0 Å². The highest BCUT2D eigenvalue weighted by Crippen LogP contribution is 2.39. The van der Waals surface area contributed by atoms with E-state index in [4.69, 9.17) is 9.05 Å². The number of amides is 3. The third-order valence-corrected chi connectivity index (χ3v) is 5.84. The molecule has 0 radical (unpaired) electrons. The maximum absolute atomic E-state index is 13.5. The molecule has 10 nitrogen and oxygen atoms in total. The van der Waals surface area contributed by atoms with Gasteiger partial charge in [-0.2, -0.15) is 4.98 Å². The van der Waals surface area contributed by atoms with Gasteiger partial charge < -0.3 is 18.8 Å². The molecule has 2 saturated heterocycles. The minimum Gasteiger partial charge on any atom is -0.359 e. The average molecular weight is 416 g/mol. The van der Waals surface area contributed by atoms with Crippen LogP contribution in [0.4, 0.5) is 10.7 Å². The summed E-state index contributed by atoms with van der Waals surface area (Å²) in [5, 5.41) is 7.96. The first kappa shape index (κ1) is 20.4. The Bertz CT molecular complexity index is 927. The van der Waals surface area contributed by atoms with Crippen LogP contribution >= 0.6 is 0 Å². The smallest absolute Gasteiger partial charge is 0.328 e. The summed E-state index contributed by atoms with van der Waals surface area (Å²) >= 11 is 0. The average Bonchev–Trinajstić information content (AvgIpc) is 3.41. The molecule has 2 aliphatic rings. The molecule has 2 aliphatic heterocycles. The lowest BCUT2D eigenvalue weighted by atomic mass is 9.85. The fourth-order valence-corrected chi connectivity index (χ4v) is 4.27. The highest BCUT2D eigenvalue weighted by atomic mass is 16.5. The second-order valence-electron chi connectivity index (χ2n) is 8.45. The summed E-state index contributed by atoms with van der Waals surface area (Å²) in [6.45, 7) is 9.60. The Labute approximate surface area is 175 Å². The normalized spacial score (nSPS) is 19.0. The number of aryl methyl sites for hydroxylation is 2. The predicted molar refractivity (Wildman–Crippen MR) is 107 cm³/mol. The third kappa shape index (κ3) is 3.44. The number of anilines is 1. The van der Waals surface area contributed by atoms with Crippen LogP contribution < -0.4 is 4.90 Å². The topological polar surface area (TPSA) is 109 Å². The van der Waals surface area contributed by atoms with Crippen LogP contribution in [0, 0.1) is 12.8 Å². The molecule has 0 unspecified atom stereocenters. The standard InChI is InChI=1S/C20H28N6O4/c1-5-15-10-16(30-22-15)12-25-17(27)20(26(19(25)28)11-13(2)3)6-8-24(9-7-20)18-21-14(4)29-23-18/h10,13H,5-9,11-12H2,1-4H3. The first-order valence-corrected chi connectivity index (χ1v) is 10.5. The number of urea groups is 1. The Morgan fingerprint density at radius 1 is 1.17 bits per heavy atom. The van der Waals surface area contributed by atoms with Crippen molar-refractivity contribution in [2.24, 2.45) is 5.92 Å². The molecule has 10 heteroatoms. The first-order valence-electron chi connectivity index (χ1n) is 10.5. The molecule has 30 heavy (non-hydrogen) atoms. The summed E-state index contributed by atoms with van der Waals surface area (Å²) in [6, 6.07) is 1.55. The second kappa shape index (κ2) is 7.73. The summed E-state index contributed by atoms with van der Waals surface area (Å²) in [6.07, 6.45) is 1.77. The summed E-state index contributed by atoms with van der Waals surface area (Å²) in [7, 11) is 0. The van der Waals surface area contributed by atoms with Crippen molar-refractivity contribution < 1.29 is 18.6 Å². The first-order chi connectivity index (χ1) is 14.3. The maximum atomic E-state index is 13.5. The molecule has 0 aliphatic carbocycles. The Kier molecular flexibility index (Phi) is 5.25. The van der Waals surface area contributed by atoms with Crippen LogP contribution in [0.3, 0.4) is 0 Å². The zero-order chi connectivity index (χ0) is 21.5. The predicted octanol–water partition coefficient (Wildman–Crippen LogP) is 2.39. The molecule has 162 valence electrons. The van der Waals surface area contributed by atoms with Gasteiger partial charge in [-0.05, 0) is 30.3 Å². The summed E-state index contributed by atoms with van der Waals surface area (Å²) in [5.41, 5.74) is -0.0360. The van der Waals surface area contributed by atoms with Crippen molar-refractivity contribution in [1.82, 2.24) is 25.1 Å². The van der Waals surface area contributed by atoms with Crippen LogP contribution in [0.15, 0.2) is 15.1 Å². The molecule has 2 aromatic heterocycles. The van der Waals surface area contributed by atoms with Gasteiger partial charge in [-0.15, -0.1) is 0 Å². The quantitative estimate of drug-likeness (QED) is 0.661. The molecular weight excluding hydrogens is 388 g/mol. The molecule has 2 aromatic rings. The van der Waals surface area contributed by atoms with E-state index < -0.39 is 5.54 Å². The van der Waals surface area contributed by atoms with E-state index in [-0.39, 0.29) is 24.4 Å². The zero-order valence-electron chi connectivity index (χ0n) is 17.9. The van der Waals surface area contributed by atoms with Crippen LogP contribution in [0.5, 0.6) is 0 Å². The van der Waals surface area contributed by atoms with Crippen molar-refractivity contribution in [3.8, 4) is 0 Å². The van der Waals surface area contributed by atoms with E-state index in [1.807, 2.05) is 11.8 Å². The fraction of sp³-hybridized carbons (Fsp3) is 0.650. The molecule has 0 aromatic carbocycles. The van der Waals surface area contributed by atoms with E-state index >= 15 is 0 Å². The van der Waals surface area contributed by atoms with E-state index in [2.05, 4.69) is 29.1 Å². The summed E-state index contributed by atoms with van der Waals surface area (Å²) in [4.78, 5) is 36.2. The van der Waals surface area contributed by atoms with Crippen molar-refractivity contribution in [3.05, 3.63) is 23.4 Å². The van der Waals surface area contributed by atoms with Crippen molar-refractivity contribution in [1.29, 1.82) is 0 Å². The number of hydrogen-bond acceptors (Lipinski definition) is 8. The lowest BCUT2D eigenvalue weighted by Gasteiger charge is -2.42. The van der Waals surface area contributed by atoms with Crippen molar-refractivity contribution in [2.75, 3.05) is 24.5 Å². The van der Waals surface area contributed by atoms with Gasteiger partial charge in [-0.1, -0.05) is 25.9 Å². The molecule has 1 spiro atoms. The van der Waals surface area contributed by atoms with Crippen LogP contribution in [0.1, 0.15) is 51.0 Å². The van der Waals surface area contributed by atoms with Crippen molar-refractivity contribution in [2.45, 2.75) is 59.0 Å². The summed E-state index contributed by atoms with van der Waals surface area (Å²) in [5.74, 6) is 1.64. The van der Waals surface area contributed by atoms with Gasteiger partial charge in [0.2, 0.25) is 5.89 Å². The minimum absolute atomic E-state index is 0.106. The largest absolute Gasteiger partial charge is 0.359 e. The van der Waals surface area contributed by atoms with Gasteiger partial charge in [0.15, 0.2) is 5.76 Å². The van der Waals surface area contributed by atoms with Gasteiger partial charge in [0, 0.05) is 32.6 Å². The van der Waals surface area contributed by atoms with Gasteiger partial charge >= 0.3 is 6.03 Å². The van der Waals surface area contributed by atoms with Crippen molar-refractivity contribution >= 4 is 17.9 Å². The Morgan fingerprint density at radius 3 is 2.47 bits per heavy atom. The molecule has 0 atom stereocenters. The van der Waals surface area contributed by atoms with Gasteiger partial charge in [0.05, 0.1) is 12.2 Å². The monoisotopic (exact) mass is 416 g/mol. The molecule has 3 amide bonds. The maximum Gasteiger partial charge on any atom is 0.328 e. The molecule has 0 bridgehead atoms. The third-order valence-electron chi connectivity index (χ3n) is 5.84. The zero-order valence-corrected chi connectivity index (χ0v) is 17.9. The number of nitrogens with zero attached hydrogens (tertiary/aromatic N) is 6. The van der Waals surface area contributed by atoms with Gasteiger partial charge in [-0.25, -0.2) is 4.79 Å². The molecular formula is C20H28N6O4. The molecule has 4 heterocycles. The molecule has 0 N–H and O–H groups in total. The van der Waals surface area contributed by atoms with Gasteiger partial charge in [-0.3, -0.25) is 9.69 Å². The van der Waals surface area contributed by atoms with Crippen molar-refractivity contribution in [3.63, 3.8) is 0 Å². The van der Waals surface area contributed by atoms with E-state index in [0.717, 1.165) is 12.1 Å². The highest BCUT2D eigenvalue weighted by molar-refractivity contribution is 6.07. The number of carbonyl (C=O) groups excluding carboxylic acids is 2. The number of carbonyl (C=O) groups is 2. The van der Waals surface area contributed by atoms with Gasteiger partial charge in [0.1, 0.15) is 5.54 Å². The Balaban J connectivity index is 1.57. The van der Waals surface area contributed by atoms with E-state index in [1.54, 1.807) is 17.9 Å². The fourth-order valence-electron chi connectivity index (χ4n) is 4.27. The molecule has 4 rings (SSSR count). The Hall–Kier alpha value is -2.91. The van der Waals surface area contributed by atoms with Crippen LogP contribution in [0.2, 0.25) is 0 Å². The van der Waals surface area contributed by atoms with Crippen LogP contribution in [-0.4, -0.2) is 62.2 Å². The van der Waals surface area contributed by atoms with E-state index in [0.29, 0.717) is 50.1 Å².